The van der Waals surface area contributed by atoms with E-state index in [1.54, 1.807) is 12.1 Å². The molecule has 0 radical (unpaired) electrons. The van der Waals surface area contributed by atoms with Crippen molar-refractivity contribution in [2.24, 2.45) is 0 Å². The molecule has 2 aromatic rings. The van der Waals surface area contributed by atoms with Gasteiger partial charge in [-0.3, -0.25) is 4.79 Å². The van der Waals surface area contributed by atoms with Gasteiger partial charge in [0.2, 0.25) is 0 Å². The van der Waals surface area contributed by atoms with Crippen LogP contribution in [-0.2, 0) is 19.4 Å². The second-order valence-electron chi connectivity index (χ2n) is 5.82. The molecule has 138 valence electrons. The van der Waals surface area contributed by atoms with E-state index in [9.17, 15) is 18.0 Å². The van der Waals surface area contributed by atoms with Crippen LogP contribution in [0.5, 0.6) is 0 Å². The molecule has 0 saturated heterocycles. The molecule has 0 aliphatic heterocycles. The SMILES string of the molecule is Cc1ccc(NC(=O)[C@H](C)OC(=O)c2cc(S(C)(=O)=O)ccc2Cl)cc1. The third kappa shape index (κ3) is 5.06. The lowest BCUT2D eigenvalue weighted by Crippen LogP contribution is -2.30. The van der Waals surface area contributed by atoms with Gasteiger partial charge in [-0.2, -0.15) is 0 Å². The lowest BCUT2D eigenvalue weighted by atomic mass is 10.2. The highest BCUT2D eigenvalue weighted by Gasteiger charge is 2.22. The van der Waals surface area contributed by atoms with E-state index >= 15 is 0 Å². The van der Waals surface area contributed by atoms with E-state index in [0.717, 1.165) is 17.9 Å². The summed E-state index contributed by atoms with van der Waals surface area (Å²) in [5, 5.41) is 2.67. The number of nitrogens with one attached hydrogen (secondary N) is 1. The zero-order chi connectivity index (χ0) is 19.5. The number of esters is 1. The fourth-order valence-electron chi connectivity index (χ4n) is 2.05. The Hall–Kier alpha value is -2.38. The highest BCUT2D eigenvalue weighted by atomic mass is 35.5. The molecule has 0 saturated carbocycles. The summed E-state index contributed by atoms with van der Waals surface area (Å²) in [7, 11) is -3.51. The van der Waals surface area contributed by atoms with Gasteiger partial charge >= 0.3 is 5.97 Å². The summed E-state index contributed by atoms with van der Waals surface area (Å²) in [4.78, 5) is 24.4. The van der Waals surface area contributed by atoms with Crippen molar-refractivity contribution in [3.8, 4) is 0 Å². The first kappa shape index (κ1) is 19.9. The smallest absolute Gasteiger partial charge is 0.340 e. The van der Waals surface area contributed by atoms with Crippen molar-refractivity contribution in [3.05, 3.63) is 58.6 Å². The highest BCUT2D eigenvalue weighted by molar-refractivity contribution is 7.90. The first-order chi connectivity index (χ1) is 12.1. The molecule has 26 heavy (non-hydrogen) atoms. The van der Waals surface area contributed by atoms with Gasteiger partial charge < -0.3 is 10.1 Å². The Morgan fingerprint density at radius 2 is 1.73 bits per heavy atom. The van der Waals surface area contributed by atoms with Gasteiger partial charge in [0.1, 0.15) is 0 Å². The van der Waals surface area contributed by atoms with Crippen LogP contribution in [0.3, 0.4) is 0 Å². The van der Waals surface area contributed by atoms with Gasteiger partial charge in [-0.05, 0) is 44.2 Å². The quantitative estimate of drug-likeness (QED) is 0.785. The van der Waals surface area contributed by atoms with Gasteiger partial charge in [0.15, 0.2) is 15.9 Å². The lowest BCUT2D eigenvalue weighted by molar-refractivity contribution is -0.123. The molecule has 1 atom stereocenters. The van der Waals surface area contributed by atoms with Crippen LogP contribution < -0.4 is 5.32 Å². The summed E-state index contributed by atoms with van der Waals surface area (Å²) in [6.45, 7) is 3.33. The van der Waals surface area contributed by atoms with Crippen molar-refractivity contribution in [3.63, 3.8) is 0 Å². The topological polar surface area (TPSA) is 89.5 Å². The van der Waals surface area contributed by atoms with E-state index in [1.807, 2.05) is 19.1 Å². The van der Waals surface area contributed by atoms with E-state index in [-0.39, 0.29) is 15.5 Å². The largest absolute Gasteiger partial charge is 0.449 e. The minimum Gasteiger partial charge on any atom is -0.449 e. The lowest BCUT2D eigenvalue weighted by Gasteiger charge is -2.14. The maximum absolute atomic E-state index is 12.3. The van der Waals surface area contributed by atoms with Gasteiger partial charge in [0.25, 0.3) is 5.91 Å². The summed E-state index contributed by atoms with van der Waals surface area (Å²) in [5.74, 6) is -1.40. The van der Waals surface area contributed by atoms with Gasteiger partial charge in [0, 0.05) is 11.9 Å². The third-order valence-electron chi connectivity index (χ3n) is 3.56. The monoisotopic (exact) mass is 395 g/mol. The first-order valence-electron chi connectivity index (χ1n) is 7.66. The molecule has 0 aliphatic carbocycles. The number of benzene rings is 2. The average molecular weight is 396 g/mol. The minimum absolute atomic E-state index is 0.0357. The molecular formula is C18H18ClNO5S. The Balaban J connectivity index is 2.11. The number of aryl methyl sites for hydroxylation is 1. The van der Waals surface area contributed by atoms with Crippen LogP contribution in [0.2, 0.25) is 5.02 Å². The molecule has 0 spiro atoms. The van der Waals surface area contributed by atoms with E-state index < -0.39 is 27.8 Å². The van der Waals surface area contributed by atoms with Crippen LogP contribution in [0.15, 0.2) is 47.4 Å². The number of rotatable bonds is 5. The summed E-state index contributed by atoms with van der Waals surface area (Å²) in [6.07, 6.45) is -0.0787. The molecule has 0 unspecified atom stereocenters. The molecule has 1 amide bonds. The third-order valence-corrected chi connectivity index (χ3v) is 5.00. The van der Waals surface area contributed by atoms with Gasteiger partial charge in [-0.1, -0.05) is 29.3 Å². The van der Waals surface area contributed by atoms with Crippen molar-refractivity contribution in [2.45, 2.75) is 24.8 Å². The molecule has 0 heterocycles. The average Bonchev–Trinajstić information content (AvgIpc) is 2.56. The molecule has 0 aliphatic rings. The van der Waals surface area contributed by atoms with E-state index in [2.05, 4.69) is 5.32 Å². The van der Waals surface area contributed by atoms with Crippen molar-refractivity contribution >= 4 is 39.0 Å². The molecule has 0 bridgehead atoms. The highest BCUT2D eigenvalue weighted by Crippen LogP contribution is 2.22. The van der Waals surface area contributed by atoms with Crippen molar-refractivity contribution in [2.75, 3.05) is 11.6 Å². The second kappa shape index (κ2) is 7.88. The molecular weight excluding hydrogens is 378 g/mol. The standard InChI is InChI=1S/C18H18ClNO5S/c1-11-4-6-13(7-5-11)20-17(21)12(2)25-18(22)15-10-14(26(3,23)24)8-9-16(15)19/h4-10,12H,1-3H3,(H,20,21)/t12-/m0/s1. The van der Waals surface area contributed by atoms with Gasteiger partial charge in [-0.15, -0.1) is 0 Å². The second-order valence-corrected chi connectivity index (χ2v) is 8.24. The Kier molecular flexibility index (Phi) is 6.05. The first-order valence-corrected chi connectivity index (χ1v) is 9.93. The molecule has 0 aromatic heterocycles. The van der Waals surface area contributed by atoms with Crippen LogP contribution in [0.4, 0.5) is 5.69 Å². The van der Waals surface area contributed by atoms with Crippen molar-refractivity contribution in [1.29, 1.82) is 0 Å². The summed E-state index contributed by atoms with van der Waals surface area (Å²) < 4.78 is 28.3. The van der Waals surface area contributed by atoms with E-state index in [1.165, 1.54) is 19.1 Å². The Labute approximate surface area is 157 Å². The zero-order valence-electron chi connectivity index (χ0n) is 14.4. The summed E-state index contributed by atoms with van der Waals surface area (Å²) in [5.41, 5.74) is 1.49. The number of amides is 1. The molecule has 8 heteroatoms. The van der Waals surface area contributed by atoms with Crippen LogP contribution in [0.1, 0.15) is 22.8 Å². The number of halogens is 1. The Bertz CT molecular complexity index is 939. The van der Waals surface area contributed by atoms with Crippen LogP contribution in [-0.4, -0.2) is 32.7 Å². The van der Waals surface area contributed by atoms with Gasteiger partial charge in [0.05, 0.1) is 15.5 Å². The van der Waals surface area contributed by atoms with E-state index in [0.29, 0.717) is 5.69 Å². The summed E-state index contributed by atoms with van der Waals surface area (Å²) >= 11 is 5.95. The number of hydrogen-bond acceptors (Lipinski definition) is 5. The minimum atomic E-state index is -3.51. The predicted octanol–water partition coefficient (Wildman–Crippen LogP) is 3.24. The number of anilines is 1. The number of carbonyl (C=O) groups excluding carboxylic acids is 2. The van der Waals surface area contributed by atoms with Crippen molar-refractivity contribution in [1.82, 2.24) is 0 Å². The van der Waals surface area contributed by atoms with Crippen molar-refractivity contribution < 1.29 is 22.7 Å². The normalized spacial score (nSPS) is 12.3. The molecule has 6 nitrogen and oxygen atoms in total. The van der Waals surface area contributed by atoms with Crippen LogP contribution in [0.25, 0.3) is 0 Å². The molecule has 0 fully saturated rings. The molecule has 2 rings (SSSR count). The number of ether oxygens (including phenoxy) is 1. The number of carbonyl (C=O) groups is 2. The zero-order valence-corrected chi connectivity index (χ0v) is 16.0. The maximum atomic E-state index is 12.3. The van der Waals surface area contributed by atoms with E-state index in [4.69, 9.17) is 16.3 Å². The Morgan fingerprint density at radius 1 is 1.12 bits per heavy atom. The molecule has 1 N–H and O–H groups in total. The van der Waals surface area contributed by atoms with Crippen LogP contribution >= 0.6 is 11.6 Å². The number of sulfone groups is 1. The maximum Gasteiger partial charge on any atom is 0.340 e. The Morgan fingerprint density at radius 3 is 2.31 bits per heavy atom. The fourth-order valence-corrected chi connectivity index (χ4v) is 2.89. The molecule has 2 aromatic carbocycles. The predicted molar refractivity (Wildman–Crippen MR) is 99.2 cm³/mol. The fraction of sp³-hybridized carbons (Fsp3) is 0.222. The number of hydrogen-bond donors (Lipinski definition) is 1. The summed E-state index contributed by atoms with van der Waals surface area (Å²) in [6, 6.07) is 10.9. The van der Waals surface area contributed by atoms with Gasteiger partial charge in [-0.25, -0.2) is 13.2 Å². The van der Waals surface area contributed by atoms with Crippen LogP contribution in [0, 0.1) is 6.92 Å².